The lowest BCUT2D eigenvalue weighted by Crippen LogP contribution is -2.38. The van der Waals surface area contributed by atoms with Gasteiger partial charge in [0.05, 0.1) is 5.51 Å². The van der Waals surface area contributed by atoms with Crippen molar-refractivity contribution in [2.45, 2.75) is 38.3 Å². The number of halogens is 1. The van der Waals surface area contributed by atoms with Crippen molar-refractivity contribution in [3.8, 4) is 0 Å². The van der Waals surface area contributed by atoms with Crippen LogP contribution in [-0.4, -0.2) is 16.9 Å². The smallest absolute Gasteiger partial charge is 0.0794 e. The Hall–Kier alpha value is -0.120. The first kappa shape index (κ1) is 11.4. The molecule has 2 rings (SSSR count). The molecule has 0 amide bonds. The Morgan fingerprint density at radius 1 is 1.47 bits per heavy atom. The lowest BCUT2D eigenvalue weighted by atomic mass is 9.86. The van der Waals surface area contributed by atoms with Crippen LogP contribution in [0, 0.1) is 5.92 Å². The number of nitrogens with one attached hydrogen (secondary N) is 1. The third-order valence-electron chi connectivity index (χ3n) is 3.13. The van der Waals surface area contributed by atoms with Gasteiger partial charge in [-0.15, -0.1) is 22.9 Å². The predicted molar refractivity (Wildman–Crippen MR) is 65.4 cm³/mol. The topological polar surface area (TPSA) is 24.9 Å². The molecular formula is C11H17ClN2S. The number of rotatable bonds is 4. The molecule has 0 bridgehead atoms. The van der Waals surface area contributed by atoms with Crippen molar-refractivity contribution in [2.75, 3.05) is 5.88 Å². The van der Waals surface area contributed by atoms with E-state index < -0.39 is 0 Å². The number of thiazole rings is 1. The molecule has 0 aliphatic heterocycles. The number of hydrogen-bond donors (Lipinski definition) is 1. The fourth-order valence-corrected chi connectivity index (χ4v) is 3.14. The van der Waals surface area contributed by atoms with Crippen molar-refractivity contribution < 1.29 is 0 Å². The van der Waals surface area contributed by atoms with Crippen molar-refractivity contribution in [3.63, 3.8) is 0 Å². The predicted octanol–water partition coefficient (Wildman–Crippen LogP) is 3.03. The number of hydrogen-bond acceptors (Lipinski definition) is 3. The molecule has 1 N–H and O–H groups in total. The third-order valence-corrected chi connectivity index (χ3v) is 4.31. The molecular weight excluding hydrogens is 228 g/mol. The van der Waals surface area contributed by atoms with E-state index in [0.29, 0.717) is 12.0 Å². The van der Waals surface area contributed by atoms with Crippen LogP contribution >= 0.6 is 22.9 Å². The summed E-state index contributed by atoms with van der Waals surface area (Å²) in [7, 11) is 0. The van der Waals surface area contributed by atoms with Gasteiger partial charge in [0.25, 0.3) is 0 Å². The molecule has 1 aliphatic carbocycles. The molecule has 1 heterocycles. The Kier molecular flexibility index (Phi) is 4.42. The highest BCUT2D eigenvalue weighted by molar-refractivity contribution is 7.09. The summed E-state index contributed by atoms with van der Waals surface area (Å²) in [5.41, 5.74) is 1.89. The normalized spacial score (nSPS) is 26.7. The van der Waals surface area contributed by atoms with Gasteiger partial charge in [0, 0.05) is 29.5 Å². The summed E-state index contributed by atoms with van der Waals surface area (Å²) in [6, 6.07) is 0.610. The Labute approximate surface area is 100 Å². The second-order valence-corrected chi connectivity index (χ2v) is 5.43. The molecule has 1 saturated carbocycles. The van der Waals surface area contributed by atoms with E-state index >= 15 is 0 Å². The molecule has 1 aliphatic rings. The highest BCUT2D eigenvalue weighted by Gasteiger charge is 2.23. The Morgan fingerprint density at radius 2 is 2.33 bits per heavy atom. The molecule has 0 aromatic carbocycles. The molecule has 1 aromatic heterocycles. The zero-order valence-electron chi connectivity index (χ0n) is 8.79. The summed E-state index contributed by atoms with van der Waals surface area (Å²) < 4.78 is 0. The van der Waals surface area contributed by atoms with Crippen LogP contribution in [0.2, 0.25) is 0 Å². The summed E-state index contributed by atoms with van der Waals surface area (Å²) in [6.07, 6.45) is 7.18. The van der Waals surface area contributed by atoms with Crippen LogP contribution in [0.4, 0.5) is 0 Å². The van der Waals surface area contributed by atoms with Gasteiger partial charge in [-0.3, -0.25) is 4.98 Å². The fourth-order valence-electron chi connectivity index (χ4n) is 2.22. The molecule has 1 fully saturated rings. The standard InChI is InChI=1S/C11H17ClN2S/c12-5-9-3-1-2-4-11(9)14-7-10-6-13-8-15-10/h6,8-9,11,14H,1-5,7H2. The van der Waals surface area contributed by atoms with Gasteiger partial charge in [-0.25, -0.2) is 0 Å². The largest absolute Gasteiger partial charge is 0.309 e. The van der Waals surface area contributed by atoms with Crippen LogP contribution in [0.5, 0.6) is 0 Å². The van der Waals surface area contributed by atoms with Gasteiger partial charge in [-0.05, 0) is 18.8 Å². The monoisotopic (exact) mass is 244 g/mol. The maximum Gasteiger partial charge on any atom is 0.0794 e. The van der Waals surface area contributed by atoms with E-state index in [1.807, 2.05) is 11.7 Å². The van der Waals surface area contributed by atoms with E-state index in [9.17, 15) is 0 Å². The molecule has 0 saturated heterocycles. The molecule has 2 unspecified atom stereocenters. The van der Waals surface area contributed by atoms with Crippen LogP contribution in [0.1, 0.15) is 30.6 Å². The van der Waals surface area contributed by atoms with Crippen LogP contribution in [0.15, 0.2) is 11.7 Å². The van der Waals surface area contributed by atoms with Gasteiger partial charge in [-0.2, -0.15) is 0 Å². The van der Waals surface area contributed by atoms with E-state index in [0.717, 1.165) is 12.4 Å². The lowest BCUT2D eigenvalue weighted by Gasteiger charge is -2.30. The van der Waals surface area contributed by atoms with Gasteiger partial charge >= 0.3 is 0 Å². The van der Waals surface area contributed by atoms with Crippen molar-refractivity contribution in [3.05, 3.63) is 16.6 Å². The molecule has 84 valence electrons. The van der Waals surface area contributed by atoms with Crippen molar-refractivity contribution in [1.82, 2.24) is 10.3 Å². The zero-order valence-corrected chi connectivity index (χ0v) is 10.4. The third kappa shape index (κ3) is 3.16. The second kappa shape index (κ2) is 5.83. The van der Waals surface area contributed by atoms with Gasteiger partial charge < -0.3 is 5.32 Å². The van der Waals surface area contributed by atoms with E-state index in [1.165, 1.54) is 30.6 Å². The number of nitrogens with zero attached hydrogens (tertiary/aromatic N) is 1. The quantitative estimate of drug-likeness (QED) is 0.824. The molecule has 1 aromatic rings. The first-order chi connectivity index (χ1) is 7.40. The average molecular weight is 245 g/mol. The van der Waals surface area contributed by atoms with E-state index in [2.05, 4.69) is 10.3 Å². The molecule has 2 atom stereocenters. The molecule has 15 heavy (non-hydrogen) atoms. The maximum absolute atomic E-state index is 5.99. The molecule has 0 radical (unpaired) electrons. The van der Waals surface area contributed by atoms with Gasteiger partial charge in [0.2, 0.25) is 0 Å². The summed E-state index contributed by atoms with van der Waals surface area (Å²) in [5.74, 6) is 1.45. The van der Waals surface area contributed by atoms with Crippen LogP contribution in [0.3, 0.4) is 0 Å². The zero-order chi connectivity index (χ0) is 10.5. The molecule has 0 spiro atoms. The SMILES string of the molecule is ClCC1CCCCC1NCc1cncs1. The van der Waals surface area contributed by atoms with E-state index in [1.54, 1.807) is 11.3 Å². The highest BCUT2D eigenvalue weighted by atomic mass is 35.5. The Balaban J connectivity index is 1.81. The number of aromatic nitrogens is 1. The summed E-state index contributed by atoms with van der Waals surface area (Å²) in [6.45, 7) is 0.947. The summed E-state index contributed by atoms with van der Waals surface area (Å²) >= 11 is 7.70. The van der Waals surface area contributed by atoms with Crippen LogP contribution in [0.25, 0.3) is 0 Å². The Morgan fingerprint density at radius 3 is 3.07 bits per heavy atom. The van der Waals surface area contributed by atoms with Crippen LogP contribution in [-0.2, 0) is 6.54 Å². The van der Waals surface area contributed by atoms with Gasteiger partial charge in [0.1, 0.15) is 0 Å². The first-order valence-corrected chi connectivity index (χ1v) is 6.98. The maximum atomic E-state index is 5.99. The van der Waals surface area contributed by atoms with E-state index in [4.69, 9.17) is 11.6 Å². The van der Waals surface area contributed by atoms with Crippen molar-refractivity contribution >= 4 is 22.9 Å². The Bertz CT molecular complexity index is 276. The van der Waals surface area contributed by atoms with Crippen molar-refractivity contribution in [1.29, 1.82) is 0 Å². The van der Waals surface area contributed by atoms with E-state index in [-0.39, 0.29) is 0 Å². The molecule has 4 heteroatoms. The minimum absolute atomic E-state index is 0.610. The van der Waals surface area contributed by atoms with Crippen molar-refractivity contribution in [2.24, 2.45) is 5.92 Å². The second-order valence-electron chi connectivity index (χ2n) is 4.15. The summed E-state index contributed by atoms with van der Waals surface area (Å²) in [5, 5.41) is 3.61. The van der Waals surface area contributed by atoms with Crippen LogP contribution < -0.4 is 5.32 Å². The van der Waals surface area contributed by atoms with Gasteiger partial charge in [-0.1, -0.05) is 12.8 Å². The van der Waals surface area contributed by atoms with Gasteiger partial charge in [0.15, 0.2) is 0 Å². The minimum Gasteiger partial charge on any atom is -0.309 e. The molecule has 2 nitrogen and oxygen atoms in total. The lowest BCUT2D eigenvalue weighted by molar-refractivity contribution is 0.283. The number of alkyl halides is 1. The average Bonchev–Trinajstić information content (AvgIpc) is 2.79. The minimum atomic E-state index is 0.610. The first-order valence-electron chi connectivity index (χ1n) is 5.57. The summed E-state index contributed by atoms with van der Waals surface area (Å²) in [4.78, 5) is 5.39. The highest BCUT2D eigenvalue weighted by Crippen LogP contribution is 2.25. The fraction of sp³-hybridized carbons (Fsp3) is 0.727.